The van der Waals surface area contributed by atoms with Crippen molar-refractivity contribution in [3.63, 3.8) is 0 Å². The number of halogens is 4. The lowest BCUT2D eigenvalue weighted by molar-refractivity contribution is -0.174. The molecule has 2 N–H and O–H groups in total. The van der Waals surface area contributed by atoms with Gasteiger partial charge in [-0.25, -0.2) is 4.39 Å². The summed E-state index contributed by atoms with van der Waals surface area (Å²) in [4.78, 5) is 0. The molecule has 1 rings (SSSR count). The van der Waals surface area contributed by atoms with E-state index in [1.165, 1.54) is 25.3 Å². The second-order valence-electron chi connectivity index (χ2n) is 3.60. The lowest BCUT2D eigenvalue weighted by atomic mass is 10.1. The van der Waals surface area contributed by atoms with Crippen molar-refractivity contribution in [3.8, 4) is 5.75 Å². The third kappa shape index (κ3) is 4.15. The fourth-order valence-corrected chi connectivity index (χ4v) is 1.36. The fourth-order valence-electron chi connectivity index (χ4n) is 1.36. The number of methoxy groups -OCH3 is 1. The quantitative estimate of drug-likeness (QED) is 0.833. The fraction of sp³-hybridized carbons (Fsp3) is 0.455. The molecule has 0 aliphatic carbocycles. The minimum Gasteiger partial charge on any atom is -0.494 e. The zero-order chi connectivity index (χ0) is 13.8. The Labute approximate surface area is 101 Å². The van der Waals surface area contributed by atoms with Crippen LogP contribution >= 0.6 is 0 Å². The first-order valence-electron chi connectivity index (χ1n) is 5.07. The number of nitrogens with two attached hydrogens (primary N) is 1. The molecule has 1 aromatic rings. The molecule has 0 saturated heterocycles. The van der Waals surface area contributed by atoms with Gasteiger partial charge < -0.3 is 15.2 Å². The standard InChI is InChI=1S/C11H13F4NO2/c1-17-9-4-2-3-7(10(9)12)8(16)5-18-6-11(13,14)15/h2-4,8H,5-6,16H2,1H3. The lowest BCUT2D eigenvalue weighted by Crippen LogP contribution is -2.24. The van der Waals surface area contributed by atoms with Gasteiger partial charge in [0.1, 0.15) is 6.61 Å². The smallest absolute Gasteiger partial charge is 0.411 e. The Bertz CT molecular complexity index is 395. The topological polar surface area (TPSA) is 44.5 Å². The highest BCUT2D eigenvalue weighted by Crippen LogP contribution is 2.24. The molecule has 1 unspecified atom stereocenters. The van der Waals surface area contributed by atoms with E-state index in [9.17, 15) is 17.6 Å². The highest BCUT2D eigenvalue weighted by atomic mass is 19.4. The summed E-state index contributed by atoms with van der Waals surface area (Å²) < 4.78 is 58.4. The van der Waals surface area contributed by atoms with Crippen LogP contribution in [0.2, 0.25) is 0 Å². The average Bonchev–Trinajstić information content (AvgIpc) is 2.27. The highest BCUT2D eigenvalue weighted by Gasteiger charge is 2.28. The number of hydrogen-bond donors (Lipinski definition) is 1. The van der Waals surface area contributed by atoms with E-state index in [-0.39, 0.29) is 11.3 Å². The number of hydrogen-bond acceptors (Lipinski definition) is 3. The van der Waals surface area contributed by atoms with Crippen LogP contribution < -0.4 is 10.5 Å². The summed E-state index contributed by atoms with van der Waals surface area (Å²) in [5.41, 5.74) is 5.61. The molecule has 1 aromatic carbocycles. The number of ether oxygens (including phenoxy) is 2. The van der Waals surface area contributed by atoms with Gasteiger partial charge in [-0.3, -0.25) is 0 Å². The van der Waals surface area contributed by atoms with Crippen molar-refractivity contribution < 1.29 is 27.0 Å². The Balaban J connectivity index is 2.64. The first-order chi connectivity index (χ1) is 8.35. The molecule has 0 heterocycles. The van der Waals surface area contributed by atoms with Gasteiger partial charge in [0, 0.05) is 5.56 Å². The monoisotopic (exact) mass is 267 g/mol. The molecule has 3 nitrogen and oxygen atoms in total. The van der Waals surface area contributed by atoms with E-state index in [1.807, 2.05) is 0 Å². The van der Waals surface area contributed by atoms with Crippen LogP contribution in [0.1, 0.15) is 11.6 Å². The normalized spacial score (nSPS) is 13.4. The molecule has 18 heavy (non-hydrogen) atoms. The molecule has 0 bridgehead atoms. The van der Waals surface area contributed by atoms with Crippen molar-refractivity contribution in [2.75, 3.05) is 20.3 Å². The third-order valence-corrected chi connectivity index (χ3v) is 2.18. The van der Waals surface area contributed by atoms with Gasteiger partial charge in [-0.2, -0.15) is 13.2 Å². The second-order valence-corrected chi connectivity index (χ2v) is 3.60. The van der Waals surface area contributed by atoms with Crippen LogP contribution in [0.25, 0.3) is 0 Å². The number of alkyl halides is 3. The van der Waals surface area contributed by atoms with Crippen molar-refractivity contribution in [3.05, 3.63) is 29.6 Å². The Hall–Kier alpha value is -1.34. The SMILES string of the molecule is COc1cccc(C(N)COCC(F)(F)F)c1F. The van der Waals surface area contributed by atoms with Crippen LogP contribution in [0.15, 0.2) is 18.2 Å². The van der Waals surface area contributed by atoms with Gasteiger partial charge in [0.15, 0.2) is 11.6 Å². The minimum absolute atomic E-state index is 0.0150. The highest BCUT2D eigenvalue weighted by molar-refractivity contribution is 5.32. The van der Waals surface area contributed by atoms with Gasteiger partial charge in [0.25, 0.3) is 0 Å². The van der Waals surface area contributed by atoms with Crippen molar-refractivity contribution in [1.82, 2.24) is 0 Å². The largest absolute Gasteiger partial charge is 0.494 e. The van der Waals surface area contributed by atoms with E-state index in [0.29, 0.717) is 0 Å². The molecule has 0 aromatic heterocycles. The molecule has 0 saturated carbocycles. The van der Waals surface area contributed by atoms with Crippen molar-refractivity contribution >= 4 is 0 Å². The summed E-state index contributed by atoms with van der Waals surface area (Å²) in [6.45, 7) is -1.84. The van der Waals surface area contributed by atoms with E-state index >= 15 is 0 Å². The van der Waals surface area contributed by atoms with E-state index in [4.69, 9.17) is 10.5 Å². The van der Waals surface area contributed by atoms with Crippen molar-refractivity contribution in [1.29, 1.82) is 0 Å². The molecule has 0 radical (unpaired) electrons. The molecular weight excluding hydrogens is 254 g/mol. The maximum atomic E-state index is 13.7. The van der Waals surface area contributed by atoms with Crippen molar-refractivity contribution in [2.24, 2.45) is 5.73 Å². The van der Waals surface area contributed by atoms with Crippen LogP contribution in [0, 0.1) is 5.82 Å². The number of rotatable bonds is 5. The van der Waals surface area contributed by atoms with Crippen LogP contribution in [0.5, 0.6) is 5.75 Å². The predicted molar refractivity (Wildman–Crippen MR) is 56.8 cm³/mol. The first-order valence-corrected chi connectivity index (χ1v) is 5.07. The Morgan fingerprint density at radius 1 is 1.33 bits per heavy atom. The summed E-state index contributed by atoms with van der Waals surface area (Å²) in [6, 6.07) is 3.28. The summed E-state index contributed by atoms with van der Waals surface area (Å²) in [7, 11) is 1.29. The van der Waals surface area contributed by atoms with Gasteiger partial charge in [-0.05, 0) is 6.07 Å². The Kier molecular flexibility index (Phi) is 4.92. The zero-order valence-electron chi connectivity index (χ0n) is 9.63. The molecule has 1 atom stereocenters. The van der Waals surface area contributed by atoms with Crippen LogP contribution in [0.4, 0.5) is 17.6 Å². The average molecular weight is 267 g/mol. The Morgan fingerprint density at radius 3 is 2.56 bits per heavy atom. The predicted octanol–water partition coefficient (Wildman–Crippen LogP) is 2.41. The van der Waals surface area contributed by atoms with Crippen LogP contribution in [-0.2, 0) is 4.74 Å². The lowest BCUT2D eigenvalue weighted by Gasteiger charge is -2.15. The molecule has 0 aliphatic heterocycles. The first kappa shape index (κ1) is 14.7. The van der Waals surface area contributed by atoms with Gasteiger partial charge in [-0.1, -0.05) is 12.1 Å². The summed E-state index contributed by atoms with van der Waals surface area (Å²) in [5.74, 6) is -0.707. The van der Waals surface area contributed by atoms with Crippen LogP contribution in [-0.4, -0.2) is 26.5 Å². The molecule has 102 valence electrons. The molecule has 7 heteroatoms. The Morgan fingerprint density at radius 2 is 2.00 bits per heavy atom. The van der Waals surface area contributed by atoms with Gasteiger partial charge in [0.05, 0.1) is 19.8 Å². The minimum atomic E-state index is -4.42. The van der Waals surface area contributed by atoms with Gasteiger partial charge in [-0.15, -0.1) is 0 Å². The van der Waals surface area contributed by atoms with E-state index in [2.05, 4.69) is 4.74 Å². The molecule has 0 spiro atoms. The van der Waals surface area contributed by atoms with E-state index in [0.717, 1.165) is 0 Å². The number of benzene rings is 1. The molecular formula is C11H13F4NO2. The summed E-state index contributed by atoms with van der Waals surface area (Å²) in [6.07, 6.45) is -4.42. The third-order valence-electron chi connectivity index (χ3n) is 2.18. The zero-order valence-corrected chi connectivity index (χ0v) is 9.63. The maximum absolute atomic E-state index is 13.7. The molecule has 0 aliphatic rings. The molecule has 0 fully saturated rings. The van der Waals surface area contributed by atoms with E-state index in [1.54, 1.807) is 0 Å². The van der Waals surface area contributed by atoms with Gasteiger partial charge in [0.2, 0.25) is 0 Å². The van der Waals surface area contributed by atoms with Crippen molar-refractivity contribution in [2.45, 2.75) is 12.2 Å². The van der Waals surface area contributed by atoms with E-state index < -0.39 is 31.2 Å². The maximum Gasteiger partial charge on any atom is 0.411 e. The summed E-state index contributed by atoms with van der Waals surface area (Å²) in [5, 5.41) is 0. The second kappa shape index (κ2) is 6.01. The summed E-state index contributed by atoms with van der Waals surface area (Å²) >= 11 is 0. The van der Waals surface area contributed by atoms with Gasteiger partial charge >= 0.3 is 6.18 Å². The molecule has 0 amide bonds. The van der Waals surface area contributed by atoms with Crippen LogP contribution in [0.3, 0.4) is 0 Å².